The van der Waals surface area contributed by atoms with Crippen LogP contribution in [-0.4, -0.2) is 25.0 Å². The summed E-state index contributed by atoms with van der Waals surface area (Å²) in [5, 5.41) is 8.73. The lowest BCUT2D eigenvalue weighted by molar-refractivity contribution is 0.314. The molecule has 0 aromatic heterocycles. The quantitative estimate of drug-likeness (QED) is 0.571. The maximum absolute atomic E-state index is 8.73. The van der Waals surface area contributed by atoms with Gasteiger partial charge in [0.25, 0.3) is 0 Å². The molecule has 2 heteroatoms. The van der Waals surface area contributed by atoms with Gasteiger partial charge in [-0.05, 0) is 32.4 Å². The Morgan fingerprint density at radius 2 is 2.10 bits per heavy atom. The average Bonchev–Trinajstić information content (AvgIpc) is 2.48. The standard InChI is InChI=1S/C8H14N2/c1-6-4-7(6)8(5-9)10(2)3/h6-8H,4H2,1-3H3. The highest BCUT2D eigenvalue weighted by atomic mass is 15.1. The van der Waals surface area contributed by atoms with Crippen molar-refractivity contribution in [2.24, 2.45) is 11.8 Å². The molecule has 0 aromatic rings. The minimum absolute atomic E-state index is 0.148. The molecule has 3 unspecified atom stereocenters. The first kappa shape index (κ1) is 7.56. The van der Waals surface area contributed by atoms with E-state index in [1.54, 1.807) is 0 Å². The monoisotopic (exact) mass is 138 g/mol. The molecular weight excluding hydrogens is 124 g/mol. The lowest BCUT2D eigenvalue weighted by Crippen LogP contribution is -2.28. The van der Waals surface area contributed by atoms with Crippen molar-refractivity contribution in [3.63, 3.8) is 0 Å². The molecule has 1 saturated carbocycles. The lowest BCUT2D eigenvalue weighted by Gasteiger charge is -2.16. The molecule has 0 spiro atoms. The van der Waals surface area contributed by atoms with E-state index < -0.39 is 0 Å². The molecule has 0 bridgehead atoms. The zero-order chi connectivity index (χ0) is 7.72. The zero-order valence-electron chi connectivity index (χ0n) is 6.83. The third-order valence-corrected chi connectivity index (χ3v) is 2.27. The largest absolute Gasteiger partial charge is 0.294 e. The molecule has 0 N–H and O–H groups in total. The second kappa shape index (κ2) is 2.59. The smallest absolute Gasteiger partial charge is 0.100 e. The first-order chi connectivity index (χ1) is 4.66. The Bertz CT molecular complexity index is 157. The summed E-state index contributed by atoms with van der Waals surface area (Å²) in [5.41, 5.74) is 0. The Hall–Kier alpha value is -0.550. The summed E-state index contributed by atoms with van der Waals surface area (Å²) in [6, 6.07) is 2.47. The van der Waals surface area contributed by atoms with E-state index in [9.17, 15) is 0 Å². The predicted octanol–water partition coefficient (Wildman–Crippen LogP) is 1.10. The van der Waals surface area contributed by atoms with E-state index in [-0.39, 0.29) is 6.04 Å². The fraction of sp³-hybridized carbons (Fsp3) is 0.875. The zero-order valence-corrected chi connectivity index (χ0v) is 6.83. The van der Waals surface area contributed by atoms with Crippen LogP contribution in [0.1, 0.15) is 13.3 Å². The second-order valence-electron chi connectivity index (χ2n) is 3.41. The minimum atomic E-state index is 0.148. The summed E-state index contributed by atoms with van der Waals surface area (Å²) in [4.78, 5) is 2.01. The van der Waals surface area contributed by atoms with E-state index in [1.165, 1.54) is 6.42 Å². The third kappa shape index (κ3) is 1.30. The van der Waals surface area contributed by atoms with E-state index in [1.807, 2.05) is 19.0 Å². The maximum atomic E-state index is 8.73. The van der Waals surface area contributed by atoms with Gasteiger partial charge in [0.1, 0.15) is 6.04 Å². The second-order valence-corrected chi connectivity index (χ2v) is 3.41. The van der Waals surface area contributed by atoms with Gasteiger partial charge in [-0.25, -0.2) is 0 Å². The van der Waals surface area contributed by atoms with Gasteiger partial charge in [-0.1, -0.05) is 6.92 Å². The Morgan fingerprint density at radius 3 is 2.20 bits per heavy atom. The van der Waals surface area contributed by atoms with Crippen LogP contribution in [0.3, 0.4) is 0 Å². The highest BCUT2D eigenvalue weighted by Crippen LogP contribution is 2.41. The topological polar surface area (TPSA) is 27.0 Å². The molecule has 0 amide bonds. The van der Waals surface area contributed by atoms with Crippen LogP contribution in [0.15, 0.2) is 0 Å². The summed E-state index contributed by atoms with van der Waals surface area (Å²) in [7, 11) is 3.94. The van der Waals surface area contributed by atoms with Crippen LogP contribution in [0.2, 0.25) is 0 Å². The number of nitrogens with zero attached hydrogens (tertiary/aromatic N) is 2. The summed E-state index contributed by atoms with van der Waals surface area (Å²) < 4.78 is 0. The normalized spacial score (nSPS) is 33.5. The highest BCUT2D eigenvalue weighted by molar-refractivity contribution is 5.03. The molecule has 56 valence electrons. The molecule has 0 heterocycles. The first-order valence-corrected chi connectivity index (χ1v) is 3.73. The molecule has 0 saturated heterocycles. The van der Waals surface area contributed by atoms with Crippen molar-refractivity contribution in [2.45, 2.75) is 19.4 Å². The molecule has 1 aliphatic rings. The maximum Gasteiger partial charge on any atom is 0.100 e. The van der Waals surface area contributed by atoms with Crippen molar-refractivity contribution in [3.8, 4) is 6.07 Å². The fourth-order valence-electron chi connectivity index (χ4n) is 1.38. The van der Waals surface area contributed by atoms with Crippen LogP contribution < -0.4 is 0 Å². The molecule has 10 heavy (non-hydrogen) atoms. The van der Waals surface area contributed by atoms with Crippen molar-refractivity contribution in [1.29, 1.82) is 5.26 Å². The van der Waals surface area contributed by atoms with E-state index in [2.05, 4.69) is 13.0 Å². The predicted molar refractivity (Wildman–Crippen MR) is 40.4 cm³/mol. The van der Waals surface area contributed by atoms with Gasteiger partial charge in [-0.15, -0.1) is 0 Å². The molecular formula is C8H14N2. The molecule has 3 atom stereocenters. The van der Waals surface area contributed by atoms with Crippen LogP contribution in [0, 0.1) is 23.2 Å². The summed E-state index contributed by atoms with van der Waals surface area (Å²) in [6.07, 6.45) is 1.23. The Kier molecular flexibility index (Phi) is 1.96. The van der Waals surface area contributed by atoms with E-state index in [0.29, 0.717) is 5.92 Å². The Morgan fingerprint density at radius 1 is 1.60 bits per heavy atom. The molecule has 0 aromatic carbocycles. The van der Waals surface area contributed by atoms with Gasteiger partial charge in [-0.2, -0.15) is 5.26 Å². The molecule has 1 fully saturated rings. The first-order valence-electron chi connectivity index (χ1n) is 3.73. The molecule has 1 rings (SSSR count). The number of hydrogen-bond acceptors (Lipinski definition) is 2. The van der Waals surface area contributed by atoms with Gasteiger partial charge in [0.05, 0.1) is 6.07 Å². The van der Waals surface area contributed by atoms with Gasteiger partial charge in [0.2, 0.25) is 0 Å². The van der Waals surface area contributed by atoms with Crippen molar-refractivity contribution in [1.82, 2.24) is 4.90 Å². The summed E-state index contributed by atoms with van der Waals surface area (Å²) >= 11 is 0. The van der Waals surface area contributed by atoms with Crippen molar-refractivity contribution in [2.75, 3.05) is 14.1 Å². The third-order valence-electron chi connectivity index (χ3n) is 2.27. The van der Waals surface area contributed by atoms with E-state index in [0.717, 1.165) is 5.92 Å². The molecule has 2 nitrogen and oxygen atoms in total. The molecule has 1 aliphatic carbocycles. The van der Waals surface area contributed by atoms with Crippen molar-refractivity contribution >= 4 is 0 Å². The van der Waals surface area contributed by atoms with E-state index in [4.69, 9.17) is 5.26 Å². The summed E-state index contributed by atoms with van der Waals surface area (Å²) in [5.74, 6) is 1.41. The minimum Gasteiger partial charge on any atom is -0.294 e. The van der Waals surface area contributed by atoms with Gasteiger partial charge >= 0.3 is 0 Å². The van der Waals surface area contributed by atoms with Gasteiger partial charge in [0.15, 0.2) is 0 Å². The number of rotatable bonds is 2. The van der Waals surface area contributed by atoms with Crippen LogP contribution in [0.4, 0.5) is 0 Å². The number of hydrogen-bond donors (Lipinski definition) is 0. The van der Waals surface area contributed by atoms with Crippen LogP contribution in [-0.2, 0) is 0 Å². The Balaban J connectivity index is 2.44. The van der Waals surface area contributed by atoms with Gasteiger partial charge < -0.3 is 0 Å². The van der Waals surface area contributed by atoms with Crippen LogP contribution >= 0.6 is 0 Å². The Labute approximate surface area is 62.4 Å². The van der Waals surface area contributed by atoms with Crippen LogP contribution in [0.5, 0.6) is 0 Å². The van der Waals surface area contributed by atoms with Crippen LogP contribution in [0.25, 0.3) is 0 Å². The van der Waals surface area contributed by atoms with Crippen molar-refractivity contribution in [3.05, 3.63) is 0 Å². The fourth-order valence-corrected chi connectivity index (χ4v) is 1.38. The van der Waals surface area contributed by atoms with Gasteiger partial charge in [0, 0.05) is 0 Å². The van der Waals surface area contributed by atoms with E-state index >= 15 is 0 Å². The lowest BCUT2D eigenvalue weighted by atomic mass is 10.1. The molecule has 0 radical (unpaired) electrons. The average molecular weight is 138 g/mol. The van der Waals surface area contributed by atoms with Gasteiger partial charge in [-0.3, -0.25) is 4.90 Å². The number of nitriles is 1. The highest BCUT2D eigenvalue weighted by Gasteiger charge is 2.40. The summed E-state index contributed by atoms with van der Waals surface area (Å²) in [6.45, 7) is 2.21. The molecule has 0 aliphatic heterocycles. The van der Waals surface area contributed by atoms with Crippen molar-refractivity contribution < 1.29 is 0 Å². The SMILES string of the molecule is CC1CC1C(C#N)N(C)C.